The highest BCUT2D eigenvalue weighted by atomic mass is 16.6. The molecule has 1 aromatic heterocycles. The number of rotatable bonds is 8. The predicted molar refractivity (Wildman–Crippen MR) is 92.3 cm³/mol. The van der Waals surface area contributed by atoms with Gasteiger partial charge in [0, 0.05) is 31.9 Å². The zero-order valence-electron chi connectivity index (χ0n) is 15.3. The van der Waals surface area contributed by atoms with E-state index in [4.69, 9.17) is 4.74 Å². The molecule has 0 saturated heterocycles. The van der Waals surface area contributed by atoms with E-state index in [1.165, 1.54) is 0 Å². The molecule has 1 heterocycles. The monoisotopic (exact) mass is 324 g/mol. The molecular formula is C17H32N4O2. The molecule has 6 nitrogen and oxygen atoms in total. The smallest absolute Gasteiger partial charge is 0.407 e. The first-order valence-electron chi connectivity index (χ1n) is 8.43. The molecule has 1 amide bonds. The van der Waals surface area contributed by atoms with Gasteiger partial charge in [0.05, 0.1) is 5.69 Å². The highest BCUT2D eigenvalue weighted by molar-refractivity contribution is 5.67. The molecule has 0 aliphatic rings. The van der Waals surface area contributed by atoms with Crippen LogP contribution in [0.3, 0.4) is 0 Å². The van der Waals surface area contributed by atoms with E-state index in [1.54, 1.807) is 6.20 Å². The number of hydrogen-bond acceptors (Lipinski definition) is 4. The number of unbranched alkanes of at least 4 members (excludes halogenated alkanes) is 1. The molecular weight excluding hydrogens is 292 g/mol. The molecule has 132 valence electrons. The Morgan fingerprint density at radius 2 is 2.13 bits per heavy atom. The van der Waals surface area contributed by atoms with Crippen LogP contribution in [0.2, 0.25) is 0 Å². The van der Waals surface area contributed by atoms with Crippen molar-refractivity contribution in [2.45, 2.75) is 71.6 Å². The SMILES string of the molecule is CCCCC(CNC(=O)OC(C)(C)C)NC(C)c1ccnn1C. The molecule has 0 spiro atoms. The fourth-order valence-electron chi connectivity index (χ4n) is 2.46. The summed E-state index contributed by atoms with van der Waals surface area (Å²) in [5, 5.41) is 10.7. The van der Waals surface area contributed by atoms with Crippen molar-refractivity contribution < 1.29 is 9.53 Å². The minimum atomic E-state index is -0.474. The second-order valence-corrected chi connectivity index (χ2v) is 6.99. The first-order chi connectivity index (χ1) is 10.7. The molecule has 6 heteroatoms. The number of aryl methyl sites for hydroxylation is 1. The third kappa shape index (κ3) is 7.50. The summed E-state index contributed by atoms with van der Waals surface area (Å²) in [6.45, 7) is 10.4. The van der Waals surface area contributed by atoms with Crippen LogP contribution in [-0.4, -0.2) is 34.1 Å². The van der Waals surface area contributed by atoms with E-state index >= 15 is 0 Å². The third-order valence-electron chi connectivity index (χ3n) is 3.59. The first kappa shape index (κ1) is 19.5. The van der Waals surface area contributed by atoms with Gasteiger partial charge in [-0.1, -0.05) is 19.8 Å². The summed E-state index contributed by atoms with van der Waals surface area (Å²) in [5.74, 6) is 0. The molecule has 23 heavy (non-hydrogen) atoms. The highest BCUT2D eigenvalue weighted by Gasteiger charge is 2.19. The van der Waals surface area contributed by atoms with Crippen molar-refractivity contribution in [3.63, 3.8) is 0 Å². The Morgan fingerprint density at radius 3 is 2.65 bits per heavy atom. The molecule has 0 aromatic carbocycles. The van der Waals surface area contributed by atoms with Crippen LogP contribution < -0.4 is 10.6 Å². The summed E-state index contributed by atoms with van der Waals surface area (Å²) in [6, 6.07) is 2.38. The van der Waals surface area contributed by atoms with Crippen molar-refractivity contribution in [1.29, 1.82) is 0 Å². The molecule has 2 unspecified atom stereocenters. The lowest BCUT2D eigenvalue weighted by atomic mass is 10.1. The minimum Gasteiger partial charge on any atom is -0.444 e. The summed E-state index contributed by atoms with van der Waals surface area (Å²) < 4.78 is 7.17. The predicted octanol–water partition coefficient (Wildman–Crippen LogP) is 3.15. The van der Waals surface area contributed by atoms with Crippen molar-refractivity contribution in [2.75, 3.05) is 6.54 Å². The van der Waals surface area contributed by atoms with E-state index in [1.807, 2.05) is 38.6 Å². The summed E-state index contributed by atoms with van der Waals surface area (Å²) in [5.41, 5.74) is 0.655. The van der Waals surface area contributed by atoms with Crippen LogP contribution in [0.4, 0.5) is 4.79 Å². The van der Waals surface area contributed by atoms with Crippen molar-refractivity contribution in [2.24, 2.45) is 7.05 Å². The zero-order chi connectivity index (χ0) is 17.5. The van der Waals surface area contributed by atoms with Gasteiger partial charge in [0.25, 0.3) is 0 Å². The molecule has 1 rings (SSSR count). The number of ether oxygens (including phenoxy) is 1. The number of hydrogen-bond donors (Lipinski definition) is 2. The fraction of sp³-hybridized carbons (Fsp3) is 0.765. The molecule has 0 aliphatic heterocycles. The van der Waals surface area contributed by atoms with E-state index in [2.05, 4.69) is 29.6 Å². The Labute approximate surface area is 140 Å². The summed E-state index contributed by atoms with van der Waals surface area (Å²) in [6.07, 6.45) is 4.69. The average molecular weight is 324 g/mol. The maximum Gasteiger partial charge on any atom is 0.407 e. The molecule has 0 saturated carbocycles. The van der Waals surface area contributed by atoms with E-state index in [-0.39, 0.29) is 18.2 Å². The Bertz CT molecular complexity index is 479. The lowest BCUT2D eigenvalue weighted by Crippen LogP contribution is -2.43. The van der Waals surface area contributed by atoms with Crippen LogP contribution in [0.5, 0.6) is 0 Å². The van der Waals surface area contributed by atoms with Crippen LogP contribution in [-0.2, 0) is 11.8 Å². The second-order valence-electron chi connectivity index (χ2n) is 6.99. The van der Waals surface area contributed by atoms with Gasteiger partial charge in [-0.3, -0.25) is 4.68 Å². The van der Waals surface area contributed by atoms with Gasteiger partial charge in [-0.05, 0) is 40.2 Å². The van der Waals surface area contributed by atoms with Gasteiger partial charge in [-0.2, -0.15) is 5.10 Å². The van der Waals surface area contributed by atoms with Gasteiger partial charge in [0.2, 0.25) is 0 Å². The molecule has 2 N–H and O–H groups in total. The van der Waals surface area contributed by atoms with E-state index in [0.29, 0.717) is 6.54 Å². The summed E-state index contributed by atoms with van der Waals surface area (Å²) in [7, 11) is 1.94. The van der Waals surface area contributed by atoms with Crippen LogP contribution in [0.25, 0.3) is 0 Å². The number of nitrogens with one attached hydrogen (secondary N) is 2. The lowest BCUT2D eigenvalue weighted by molar-refractivity contribution is 0.0521. The first-order valence-corrected chi connectivity index (χ1v) is 8.43. The summed E-state index contributed by atoms with van der Waals surface area (Å²) >= 11 is 0. The van der Waals surface area contributed by atoms with Crippen molar-refractivity contribution in [3.05, 3.63) is 18.0 Å². The zero-order valence-corrected chi connectivity index (χ0v) is 15.3. The second kappa shape index (κ2) is 8.91. The number of carbonyl (C=O) groups is 1. The number of aromatic nitrogens is 2. The van der Waals surface area contributed by atoms with Gasteiger partial charge in [0.1, 0.15) is 5.60 Å². The highest BCUT2D eigenvalue weighted by Crippen LogP contribution is 2.13. The van der Waals surface area contributed by atoms with Gasteiger partial charge < -0.3 is 15.4 Å². The van der Waals surface area contributed by atoms with Crippen LogP contribution in [0.15, 0.2) is 12.3 Å². The Hall–Kier alpha value is -1.56. The fourth-order valence-corrected chi connectivity index (χ4v) is 2.46. The van der Waals surface area contributed by atoms with E-state index < -0.39 is 5.60 Å². The lowest BCUT2D eigenvalue weighted by Gasteiger charge is -2.25. The van der Waals surface area contributed by atoms with Crippen molar-refractivity contribution in [1.82, 2.24) is 20.4 Å². The van der Waals surface area contributed by atoms with Gasteiger partial charge in [0.15, 0.2) is 0 Å². The minimum absolute atomic E-state index is 0.171. The molecule has 0 radical (unpaired) electrons. The molecule has 2 atom stereocenters. The van der Waals surface area contributed by atoms with Gasteiger partial charge >= 0.3 is 6.09 Å². The number of nitrogens with zero attached hydrogens (tertiary/aromatic N) is 2. The largest absolute Gasteiger partial charge is 0.444 e. The molecule has 0 bridgehead atoms. The molecule has 1 aromatic rings. The van der Waals surface area contributed by atoms with Crippen LogP contribution in [0, 0.1) is 0 Å². The standard InChI is InChI=1S/C17H32N4O2/c1-7-8-9-14(12-18-16(22)23-17(3,4)5)20-13(2)15-10-11-19-21(15)6/h10-11,13-14,20H,7-9,12H2,1-6H3,(H,18,22). The van der Waals surface area contributed by atoms with Crippen molar-refractivity contribution >= 4 is 6.09 Å². The molecule has 0 fully saturated rings. The summed E-state index contributed by atoms with van der Waals surface area (Å²) in [4.78, 5) is 11.8. The van der Waals surface area contributed by atoms with E-state index in [9.17, 15) is 4.79 Å². The normalized spacial score (nSPS) is 14.3. The van der Waals surface area contributed by atoms with Gasteiger partial charge in [-0.15, -0.1) is 0 Å². The number of amides is 1. The van der Waals surface area contributed by atoms with Gasteiger partial charge in [-0.25, -0.2) is 4.79 Å². The quantitative estimate of drug-likeness (QED) is 0.771. The Kier molecular flexibility index (Phi) is 7.55. The van der Waals surface area contributed by atoms with Crippen LogP contribution >= 0.6 is 0 Å². The van der Waals surface area contributed by atoms with Crippen molar-refractivity contribution in [3.8, 4) is 0 Å². The molecule has 0 aliphatic carbocycles. The number of carbonyl (C=O) groups excluding carboxylic acids is 1. The average Bonchev–Trinajstić information content (AvgIpc) is 2.86. The maximum absolute atomic E-state index is 11.8. The Morgan fingerprint density at radius 1 is 1.43 bits per heavy atom. The van der Waals surface area contributed by atoms with E-state index in [0.717, 1.165) is 25.0 Å². The Balaban J connectivity index is 2.55. The number of alkyl carbamates (subject to hydrolysis) is 1. The van der Waals surface area contributed by atoms with Crippen LogP contribution in [0.1, 0.15) is 65.6 Å². The maximum atomic E-state index is 11.8. The third-order valence-corrected chi connectivity index (χ3v) is 3.59. The topological polar surface area (TPSA) is 68.2 Å².